The molecule has 0 spiro atoms. The molecule has 1 saturated carbocycles. The monoisotopic (exact) mass is 399 g/mol. The minimum Gasteiger partial charge on any atom is -0.451 e. The van der Waals surface area contributed by atoms with Crippen molar-refractivity contribution in [2.75, 3.05) is 6.61 Å². The van der Waals surface area contributed by atoms with E-state index >= 15 is 0 Å². The van der Waals surface area contributed by atoms with Gasteiger partial charge >= 0.3 is 5.97 Å². The summed E-state index contributed by atoms with van der Waals surface area (Å²) in [5, 5.41) is 8.03. The van der Waals surface area contributed by atoms with Crippen molar-refractivity contribution in [3.8, 4) is 0 Å². The molecule has 29 heavy (non-hydrogen) atoms. The molecule has 1 aromatic carbocycles. The lowest BCUT2D eigenvalue weighted by Gasteiger charge is -2.34. The lowest BCUT2D eigenvalue weighted by molar-refractivity contribution is -0.125. The lowest BCUT2D eigenvalue weighted by atomic mass is 9.78. The van der Waals surface area contributed by atoms with Crippen molar-refractivity contribution in [1.29, 1.82) is 0 Å². The number of carbonyl (C=O) groups is 2. The van der Waals surface area contributed by atoms with Gasteiger partial charge in [-0.1, -0.05) is 44.9 Å². The minimum atomic E-state index is -0.712. The number of nitrogens with one attached hydrogen (secondary N) is 1. The first-order chi connectivity index (χ1) is 13.8. The SMILES string of the molecule is CC(C)n1nc(C(=O)OCC(=O)N[C@H]2CCC[C@H](C)[C@H]2C)c2ccccc2c1=O. The van der Waals surface area contributed by atoms with Crippen LogP contribution in [0.5, 0.6) is 0 Å². The Morgan fingerprint density at radius 2 is 1.90 bits per heavy atom. The van der Waals surface area contributed by atoms with Crippen molar-refractivity contribution >= 4 is 22.6 Å². The first kappa shape index (κ1) is 21.0. The molecule has 0 radical (unpaired) electrons. The largest absolute Gasteiger partial charge is 0.451 e. The lowest BCUT2D eigenvalue weighted by Crippen LogP contribution is -2.45. The maximum absolute atomic E-state index is 12.7. The Balaban J connectivity index is 1.74. The second-order valence-corrected chi connectivity index (χ2v) is 8.26. The van der Waals surface area contributed by atoms with Crippen LogP contribution in [0.1, 0.15) is 63.5 Å². The molecule has 156 valence electrons. The fourth-order valence-corrected chi connectivity index (χ4v) is 3.94. The van der Waals surface area contributed by atoms with Gasteiger partial charge in [0.15, 0.2) is 12.3 Å². The third kappa shape index (κ3) is 4.49. The molecular formula is C22H29N3O4. The van der Waals surface area contributed by atoms with Gasteiger partial charge in [0.2, 0.25) is 0 Å². The van der Waals surface area contributed by atoms with E-state index in [9.17, 15) is 14.4 Å². The predicted octanol–water partition coefficient (Wildman–Crippen LogP) is 3.08. The highest BCUT2D eigenvalue weighted by Gasteiger charge is 2.28. The van der Waals surface area contributed by atoms with E-state index in [-0.39, 0.29) is 35.9 Å². The molecule has 0 saturated heterocycles. The molecule has 7 heteroatoms. The summed E-state index contributed by atoms with van der Waals surface area (Å²) in [5.74, 6) is -0.0746. The fraction of sp³-hybridized carbons (Fsp3) is 0.545. The van der Waals surface area contributed by atoms with Crippen LogP contribution in [0.25, 0.3) is 10.8 Å². The van der Waals surface area contributed by atoms with Crippen molar-refractivity contribution < 1.29 is 14.3 Å². The van der Waals surface area contributed by atoms with Crippen molar-refractivity contribution in [2.45, 2.75) is 59.0 Å². The van der Waals surface area contributed by atoms with E-state index in [2.05, 4.69) is 24.3 Å². The number of rotatable bonds is 5. The van der Waals surface area contributed by atoms with Gasteiger partial charge in [0, 0.05) is 11.4 Å². The zero-order chi connectivity index (χ0) is 21.1. The average Bonchev–Trinajstić information content (AvgIpc) is 2.70. The Hall–Kier alpha value is -2.70. The molecule has 3 atom stereocenters. The fourth-order valence-electron chi connectivity index (χ4n) is 3.94. The third-order valence-corrected chi connectivity index (χ3v) is 5.90. The first-order valence-electron chi connectivity index (χ1n) is 10.3. The van der Waals surface area contributed by atoms with Gasteiger partial charge in [-0.05, 0) is 38.2 Å². The zero-order valence-corrected chi connectivity index (χ0v) is 17.5. The van der Waals surface area contributed by atoms with E-state index in [1.807, 2.05) is 13.8 Å². The van der Waals surface area contributed by atoms with Crippen molar-refractivity contribution in [1.82, 2.24) is 15.1 Å². The van der Waals surface area contributed by atoms with Gasteiger partial charge in [-0.2, -0.15) is 5.10 Å². The molecule has 1 N–H and O–H groups in total. The molecule has 1 amide bonds. The molecule has 1 aromatic heterocycles. The summed E-state index contributed by atoms with van der Waals surface area (Å²) in [4.78, 5) is 37.6. The van der Waals surface area contributed by atoms with Crippen LogP contribution in [0.3, 0.4) is 0 Å². The van der Waals surface area contributed by atoms with Gasteiger partial charge in [0.25, 0.3) is 11.5 Å². The highest BCUT2D eigenvalue weighted by molar-refractivity contribution is 6.02. The summed E-state index contributed by atoms with van der Waals surface area (Å²) in [6.07, 6.45) is 3.20. The number of fused-ring (bicyclic) bond motifs is 1. The summed E-state index contributed by atoms with van der Waals surface area (Å²) >= 11 is 0. The number of benzene rings is 1. The zero-order valence-electron chi connectivity index (χ0n) is 17.5. The van der Waals surface area contributed by atoms with Gasteiger partial charge in [-0.15, -0.1) is 0 Å². The summed E-state index contributed by atoms with van der Waals surface area (Å²) in [7, 11) is 0. The van der Waals surface area contributed by atoms with Gasteiger partial charge in [-0.3, -0.25) is 9.59 Å². The van der Waals surface area contributed by atoms with Gasteiger partial charge in [0.05, 0.1) is 11.4 Å². The smallest absolute Gasteiger partial charge is 0.359 e. The van der Waals surface area contributed by atoms with Crippen LogP contribution in [0.4, 0.5) is 0 Å². The molecule has 3 rings (SSSR count). The van der Waals surface area contributed by atoms with E-state index in [1.54, 1.807) is 24.3 Å². The Morgan fingerprint density at radius 1 is 1.21 bits per heavy atom. The molecule has 2 aromatic rings. The summed E-state index contributed by atoms with van der Waals surface area (Å²) < 4.78 is 6.52. The standard InChI is InChI=1S/C22H29N3O4/c1-13(2)25-21(27)17-10-6-5-9-16(17)20(24-25)22(28)29-12-19(26)23-18-11-7-8-14(3)15(18)4/h5-6,9-10,13-15,18H,7-8,11-12H2,1-4H3,(H,23,26)/t14-,15+,18-/m0/s1. The molecule has 1 aliphatic carbocycles. The number of aromatic nitrogens is 2. The summed E-state index contributed by atoms with van der Waals surface area (Å²) in [6.45, 7) is 7.61. The molecule has 0 aliphatic heterocycles. The van der Waals surface area contributed by atoms with Crippen molar-refractivity contribution in [3.63, 3.8) is 0 Å². The highest BCUT2D eigenvalue weighted by atomic mass is 16.5. The van der Waals surface area contributed by atoms with Crippen molar-refractivity contribution in [3.05, 3.63) is 40.3 Å². The van der Waals surface area contributed by atoms with Crippen LogP contribution in [0, 0.1) is 11.8 Å². The number of carbonyl (C=O) groups excluding carboxylic acids is 2. The number of esters is 1. The second kappa shape index (κ2) is 8.76. The summed E-state index contributed by atoms with van der Waals surface area (Å²) in [5.41, 5.74) is -0.216. The normalized spacial score (nSPS) is 21.9. The van der Waals surface area contributed by atoms with Gasteiger partial charge < -0.3 is 10.1 Å². The maximum Gasteiger partial charge on any atom is 0.359 e. The van der Waals surface area contributed by atoms with E-state index in [0.717, 1.165) is 12.8 Å². The van der Waals surface area contributed by atoms with E-state index in [0.29, 0.717) is 22.6 Å². The topological polar surface area (TPSA) is 90.3 Å². The molecule has 1 fully saturated rings. The Kier molecular flexibility index (Phi) is 6.35. The molecular weight excluding hydrogens is 370 g/mol. The number of amides is 1. The number of ether oxygens (including phenoxy) is 1. The molecule has 1 aliphatic rings. The predicted molar refractivity (Wildman–Crippen MR) is 111 cm³/mol. The van der Waals surface area contributed by atoms with Crippen molar-refractivity contribution in [2.24, 2.45) is 11.8 Å². The number of nitrogens with zero attached hydrogens (tertiary/aromatic N) is 2. The highest BCUT2D eigenvalue weighted by Crippen LogP contribution is 2.29. The van der Waals surface area contributed by atoms with Crippen LogP contribution < -0.4 is 10.9 Å². The number of hydrogen-bond donors (Lipinski definition) is 1. The van der Waals surface area contributed by atoms with Crippen LogP contribution in [-0.4, -0.2) is 34.3 Å². The van der Waals surface area contributed by atoms with E-state index < -0.39 is 5.97 Å². The maximum atomic E-state index is 12.7. The third-order valence-electron chi connectivity index (χ3n) is 5.90. The van der Waals surface area contributed by atoms with Crippen LogP contribution in [-0.2, 0) is 9.53 Å². The second-order valence-electron chi connectivity index (χ2n) is 8.26. The van der Waals surface area contributed by atoms with E-state index in [4.69, 9.17) is 4.74 Å². The van der Waals surface area contributed by atoms with Gasteiger partial charge in [0.1, 0.15) is 0 Å². The molecule has 0 bridgehead atoms. The molecule has 0 unspecified atom stereocenters. The van der Waals surface area contributed by atoms with Crippen LogP contribution >= 0.6 is 0 Å². The Labute approximate surface area is 170 Å². The van der Waals surface area contributed by atoms with Crippen LogP contribution in [0.2, 0.25) is 0 Å². The first-order valence-corrected chi connectivity index (χ1v) is 10.3. The summed E-state index contributed by atoms with van der Waals surface area (Å²) in [6, 6.07) is 6.69. The Bertz CT molecular complexity index is 966. The Morgan fingerprint density at radius 3 is 2.59 bits per heavy atom. The van der Waals surface area contributed by atoms with Gasteiger partial charge in [-0.25, -0.2) is 9.48 Å². The van der Waals surface area contributed by atoms with E-state index in [1.165, 1.54) is 11.1 Å². The molecule has 7 nitrogen and oxygen atoms in total. The van der Waals surface area contributed by atoms with Crippen LogP contribution in [0.15, 0.2) is 29.1 Å². The molecule has 1 heterocycles. The number of hydrogen-bond acceptors (Lipinski definition) is 5. The minimum absolute atomic E-state index is 0.0429. The quantitative estimate of drug-likeness (QED) is 0.781. The average molecular weight is 399 g/mol.